The van der Waals surface area contributed by atoms with E-state index in [-0.39, 0.29) is 0 Å². The summed E-state index contributed by atoms with van der Waals surface area (Å²) in [6, 6.07) is 0. The van der Waals surface area contributed by atoms with Crippen molar-refractivity contribution < 1.29 is 18.9 Å². The van der Waals surface area contributed by atoms with Gasteiger partial charge in [0.15, 0.2) is 0 Å². The van der Waals surface area contributed by atoms with Crippen LogP contribution in [0.1, 0.15) is 20.8 Å². The van der Waals surface area contributed by atoms with Crippen molar-refractivity contribution >= 4 is 0 Å². The fraction of sp³-hybridized carbons (Fsp3) is 1.00. The maximum absolute atomic E-state index is 8.00. The molecule has 0 saturated carbocycles. The van der Waals surface area contributed by atoms with E-state index in [4.69, 9.17) is 24.5 Å². The van der Waals surface area contributed by atoms with E-state index in [1.807, 2.05) is 20.8 Å². The van der Waals surface area contributed by atoms with Gasteiger partial charge in [-0.05, 0) is 12.5 Å². The molecule has 0 spiro atoms. The van der Waals surface area contributed by atoms with Crippen molar-refractivity contribution in [1.82, 2.24) is 0 Å². The number of azide groups is 1. The highest BCUT2D eigenvalue weighted by Crippen LogP contribution is 1.83. The molecular formula is C12H27N3O4. The SMILES string of the molecule is CC.CCOCCOCCOCCOCCN=[N+]=[N-]. The summed E-state index contributed by atoms with van der Waals surface area (Å²) < 4.78 is 20.8. The molecule has 0 aliphatic carbocycles. The number of ether oxygens (including phenoxy) is 4. The first kappa shape index (κ1) is 20.5. The standard InChI is InChI=1S/C10H21N3O4.C2H6/c1-2-14-5-6-16-9-10-17-8-7-15-4-3-12-13-11;1-2/h2-10H2,1H3;1-2H3. The van der Waals surface area contributed by atoms with Crippen LogP contribution in [-0.4, -0.2) is 59.4 Å². The zero-order valence-electron chi connectivity index (χ0n) is 12.3. The Kier molecular flexibility index (Phi) is 24.1. The van der Waals surface area contributed by atoms with E-state index < -0.39 is 0 Å². The lowest BCUT2D eigenvalue weighted by Gasteiger charge is -2.06. The summed E-state index contributed by atoms with van der Waals surface area (Å²) in [7, 11) is 0. The summed E-state index contributed by atoms with van der Waals surface area (Å²) in [5.41, 5.74) is 8.00. The zero-order valence-corrected chi connectivity index (χ0v) is 12.3. The third-order valence-electron chi connectivity index (χ3n) is 1.72. The fourth-order valence-electron chi connectivity index (χ4n) is 0.954. The van der Waals surface area contributed by atoms with Crippen molar-refractivity contribution in [1.29, 1.82) is 0 Å². The van der Waals surface area contributed by atoms with E-state index in [0.717, 1.165) is 0 Å². The summed E-state index contributed by atoms with van der Waals surface area (Å²) in [5.74, 6) is 0. The van der Waals surface area contributed by atoms with Gasteiger partial charge < -0.3 is 18.9 Å². The summed E-state index contributed by atoms with van der Waals surface area (Å²) in [6.45, 7) is 10.8. The average molecular weight is 277 g/mol. The lowest BCUT2D eigenvalue weighted by Crippen LogP contribution is -2.12. The highest BCUT2D eigenvalue weighted by Gasteiger charge is 1.91. The fourth-order valence-corrected chi connectivity index (χ4v) is 0.954. The summed E-state index contributed by atoms with van der Waals surface area (Å²) in [4.78, 5) is 2.61. The van der Waals surface area contributed by atoms with Gasteiger partial charge in [0, 0.05) is 18.1 Å². The Labute approximate surface area is 115 Å². The van der Waals surface area contributed by atoms with E-state index >= 15 is 0 Å². The maximum atomic E-state index is 8.00. The minimum atomic E-state index is 0.358. The third-order valence-corrected chi connectivity index (χ3v) is 1.72. The number of hydrogen-bond donors (Lipinski definition) is 0. The van der Waals surface area contributed by atoms with Gasteiger partial charge in [0.05, 0.1) is 46.2 Å². The monoisotopic (exact) mass is 277 g/mol. The molecule has 0 aromatic carbocycles. The average Bonchev–Trinajstić information content (AvgIpc) is 2.46. The molecule has 0 radical (unpaired) electrons. The van der Waals surface area contributed by atoms with Gasteiger partial charge >= 0.3 is 0 Å². The van der Waals surface area contributed by atoms with Gasteiger partial charge in [-0.2, -0.15) is 0 Å². The molecule has 0 heterocycles. The Morgan fingerprint density at radius 3 is 1.63 bits per heavy atom. The number of nitrogens with zero attached hydrogens (tertiary/aromatic N) is 3. The van der Waals surface area contributed by atoms with Crippen molar-refractivity contribution in [3.05, 3.63) is 10.4 Å². The Hall–Kier alpha value is -0.850. The van der Waals surface area contributed by atoms with Gasteiger partial charge in [0.25, 0.3) is 0 Å². The van der Waals surface area contributed by atoms with E-state index in [2.05, 4.69) is 10.0 Å². The maximum Gasteiger partial charge on any atom is 0.0701 e. The molecule has 0 N–H and O–H groups in total. The largest absolute Gasteiger partial charge is 0.379 e. The number of rotatable bonds is 13. The molecule has 114 valence electrons. The van der Waals surface area contributed by atoms with Gasteiger partial charge in [0.2, 0.25) is 0 Å². The van der Waals surface area contributed by atoms with Gasteiger partial charge in [-0.25, -0.2) is 0 Å². The Morgan fingerprint density at radius 2 is 1.21 bits per heavy atom. The van der Waals surface area contributed by atoms with E-state index in [0.29, 0.717) is 59.4 Å². The molecule has 0 bridgehead atoms. The molecule has 19 heavy (non-hydrogen) atoms. The van der Waals surface area contributed by atoms with Crippen LogP contribution in [0.3, 0.4) is 0 Å². The quantitative estimate of drug-likeness (QED) is 0.224. The second-order valence-electron chi connectivity index (χ2n) is 2.99. The summed E-state index contributed by atoms with van der Waals surface area (Å²) >= 11 is 0. The van der Waals surface area contributed by atoms with Crippen LogP contribution in [0.25, 0.3) is 10.4 Å². The van der Waals surface area contributed by atoms with E-state index in [1.54, 1.807) is 0 Å². The van der Waals surface area contributed by atoms with Gasteiger partial charge in [-0.1, -0.05) is 19.0 Å². The molecule has 0 saturated heterocycles. The van der Waals surface area contributed by atoms with Gasteiger partial charge in [-0.15, -0.1) is 0 Å². The molecular weight excluding hydrogens is 250 g/mol. The smallest absolute Gasteiger partial charge is 0.0701 e. The molecule has 0 atom stereocenters. The van der Waals surface area contributed by atoms with Crippen LogP contribution >= 0.6 is 0 Å². The van der Waals surface area contributed by atoms with Crippen LogP contribution in [0.2, 0.25) is 0 Å². The molecule has 7 nitrogen and oxygen atoms in total. The lowest BCUT2D eigenvalue weighted by molar-refractivity contribution is 0.000389. The van der Waals surface area contributed by atoms with E-state index in [1.165, 1.54) is 0 Å². The predicted molar refractivity (Wildman–Crippen MR) is 74.3 cm³/mol. The van der Waals surface area contributed by atoms with Crippen LogP contribution in [0.15, 0.2) is 5.11 Å². The lowest BCUT2D eigenvalue weighted by atomic mass is 10.7. The molecule has 7 heteroatoms. The highest BCUT2D eigenvalue weighted by molar-refractivity contribution is 4.44. The number of hydrogen-bond acceptors (Lipinski definition) is 5. The van der Waals surface area contributed by atoms with Crippen LogP contribution in [0.4, 0.5) is 0 Å². The first-order valence-electron chi connectivity index (χ1n) is 6.73. The third kappa shape index (κ3) is 22.8. The molecule has 0 unspecified atom stereocenters. The molecule has 0 aliphatic rings. The van der Waals surface area contributed by atoms with Gasteiger partial charge in [-0.3, -0.25) is 0 Å². The van der Waals surface area contributed by atoms with Crippen molar-refractivity contribution in [3.63, 3.8) is 0 Å². The predicted octanol–water partition coefficient (Wildman–Crippen LogP) is 2.41. The molecule has 0 aromatic rings. The van der Waals surface area contributed by atoms with Crippen molar-refractivity contribution in [2.75, 3.05) is 59.4 Å². The zero-order chi connectivity index (χ0) is 14.6. The minimum Gasteiger partial charge on any atom is -0.379 e. The molecule has 0 amide bonds. The second kappa shape index (κ2) is 22.3. The summed E-state index contributed by atoms with van der Waals surface area (Å²) in [6.07, 6.45) is 0. The van der Waals surface area contributed by atoms with Crippen molar-refractivity contribution in [2.45, 2.75) is 20.8 Å². The Balaban J connectivity index is 0. The van der Waals surface area contributed by atoms with E-state index in [9.17, 15) is 0 Å². The summed E-state index contributed by atoms with van der Waals surface area (Å²) in [5, 5.41) is 3.34. The topological polar surface area (TPSA) is 85.7 Å². The van der Waals surface area contributed by atoms with Crippen molar-refractivity contribution in [2.24, 2.45) is 5.11 Å². The molecule has 0 rings (SSSR count). The van der Waals surface area contributed by atoms with Crippen LogP contribution in [0, 0.1) is 0 Å². The first-order valence-corrected chi connectivity index (χ1v) is 6.73. The Bertz CT molecular complexity index is 199. The van der Waals surface area contributed by atoms with Crippen LogP contribution < -0.4 is 0 Å². The molecule has 0 aromatic heterocycles. The van der Waals surface area contributed by atoms with Crippen LogP contribution in [0.5, 0.6) is 0 Å². The van der Waals surface area contributed by atoms with Crippen LogP contribution in [-0.2, 0) is 18.9 Å². The molecule has 0 fully saturated rings. The van der Waals surface area contributed by atoms with Crippen molar-refractivity contribution in [3.8, 4) is 0 Å². The minimum absolute atomic E-state index is 0.358. The first-order chi connectivity index (χ1) is 9.41. The molecule has 0 aliphatic heterocycles. The highest BCUT2D eigenvalue weighted by atomic mass is 16.6. The second-order valence-corrected chi connectivity index (χ2v) is 2.99. The van der Waals surface area contributed by atoms with Gasteiger partial charge in [0.1, 0.15) is 0 Å². The Morgan fingerprint density at radius 1 is 0.789 bits per heavy atom. The normalized spacial score (nSPS) is 9.42.